The molecule has 1 aliphatic carbocycles. The highest BCUT2D eigenvalue weighted by Crippen LogP contribution is 2.46. The molecule has 1 aliphatic heterocycles. The number of ether oxygens (including phenoxy) is 3. The Labute approximate surface area is 86.5 Å². The fourth-order valence-electron chi connectivity index (χ4n) is 3.21. The van der Waals surface area contributed by atoms with Crippen LogP contribution < -0.4 is 0 Å². The molecule has 80 valence electrons. The van der Waals surface area contributed by atoms with Crippen LogP contribution in [0.2, 0.25) is 0 Å². The first-order valence-electron chi connectivity index (χ1n) is 5.43. The van der Waals surface area contributed by atoms with Gasteiger partial charge in [0.1, 0.15) is 13.4 Å². The summed E-state index contributed by atoms with van der Waals surface area (Å²) in [6.45, 7) is 0.659. The van der Waals surface area contributed by atoms with E-state index in [2.05, 4.69) is 7.85 Å². The normalized spacial score (nSPS) is 46.9. The molecule has 0 aromatic heterocycles. The van der Waals surface area contributed by atoms with Crippen molar-refractivity contribution in [2.45, 2.75) is 37.0 Å². The molecule has 0 radical (unpaired) electrons. The number of fused-ring (bicyclic) bond motifs is 2. The van der Waals surface area contributed by atoms with Gasteiger partial charge in [-0.2, -0.15) is 0 Å². The van der Waals surface area contributed by atoms with Gasteiger partial charge in [-0.1, -0.05) is 0 Å². The Morgan fingerprint density at radius 3 is 2.93 bits per heavy atom. The van der Waals surface area contributed by atoms with Crippen molar-refractivity contribution in [1.82, 2.24) is 0 Å². The minimum Gasteiger partial charge on any atom is -0.382 e. The van der Waals surface area contributed by atoms with Gasteiger partial charge in [0.05, 0.1) is 12.7 Å². The second-order valence-corrected chi connectivity index (χ2v) is 4.53. The molecule has 0 aromatic carbocycles. The average Bonchev–Trinajstić information content (AvgIpc) is 2.30. The first-order valence-corrected chi connectivity index (χ1v) is 5.43. The van der Waals surface area contributed by atoms with Gasteiger partial charge < -0.3 is 14.2 Å². The van der Waals surface area contributed by atoms with Crippen LogP contribution in [0.4, 0.5) is 0 Å². The summed E-state index contributed by atoms with van der Waals surface area (Å²) >= 11 is 0. The SMILES string of the molecule is BC1OC2(COC)CCCC1C2OC. The van der Waals surface area contributed by atoms with Gasteiger partial charge in [-0.05, 0) is 19.3 Å². The molecular formula is C10H19BO3. The number of rotatable bonds is 3. The predicted molar refractivity (Wildman–Crippen MR) is 56.2 cm³/mol. The Balaban J connectivity index is 2.20. The second-order valence-electron chi connectivity index (χ2n) is 4.53. The molecule has 2 aliphatic rings. The van der Waals surface area contributed by atoms with E-state index >= 15 is 0 Å². The molecule has 2 rings (SSSR count). The van der Waals surface area contributed by atoms with Gasteiger partial charge in [-0.3, -0.25) is 0 Å². The molecule has 4 unspecified atom stereocenters. The van der Waals surface area contributed by atoms with E-state index in [0.717, 1.165) is 6.42 Å². The molecule has 1 heterocycles. The summed E-state index contributed by atoms with van der Waals surface area (Å²) in [6, 6.07) is 0.317. The van der Waals surface area contributed by atoms with Crippen LogP contribution in [0.3, 0.4) is 0 Å². The van der Waals surface area contributed by atoms with Crippen LogP contribution in [0.15, 0.2) is 0 Å². The summed E-state index contributed by atoms with van der Waals surface area (Å²) in [7, 11) is 5.67. The van der Waals surface area contributed by atoms with Crippen LogP contribution in [0.5, 0.6) is 0 Å². The van der Waals surface area contributed by atoms with Crippen LogP contribution in [-0.2, 0) is 14.2 Å². The number of hydrogen-bond donors (Lipinski definition) is 0. The zero-order valence-corrected chi connectivity index (χ0v) is 9.29. The average molecular weight is 198 g/mol. The van der Waals surface area contributed by atoms with Gasteiger partial charge in [-0.15, -0.1) is 0 Å². The third-order valence-corrected chi connectivity index (χ3v) is 3.71. The van der Waals surface area contributed by atoms with Gasteiger partial charge >= 0.3 is 0 Å². The van der Waals surface area contributed by atoms with E-state index in [1.54, 1.807) is 14.2 Å². The smallest absolute Gasteiger partial charge is 0.139 e. The first-order chi connectivity index (χ1) is 6.73. The topological polar surface area (TPSA) is 27.7 Å². The molecule has 0 aromatic rings. The van der Waals surface area contributed by atoms with Crippen molar-refractivity contribution in [3.05, 3.63) is 0 Å². The lowest BCUT2D eigenvalue weighted by molar-refractivity contribution is -0.128. The fourth-order valence-corrected chi connectivity index (χ4v) is 3.21. The molecule has 1 saturated heterocycles. The van der Waals surface area contributed by atoms with Gasteiger partial charge in [0, 0.05) is 26.1 Å². The third-order valence-electron chi connectivity index (χ3n) is 3.71. The van der Waals surface area contributed by atoms with E-state index in [4.69, 9.17) is 14.2 Å². The van der Waals surface area contributed by atoms with Crippen molar-refractivity contribution < 1.29 is 14.2 Å². The lowest BCUT2D eigenvalue weighted by Crippen LogP contribution is -2.48. The van der Waals surface area contributed by atoms with Gasteiger partial charge in [-0.25, -0.2) is 0 Å². The monoisotopic (exact) mass is 198 g/mol. The second kappa shape index (κ2) is 3.84. The molecule has 2 bridgehead atoms. The Morgan fingerprint density at radius 1 is 1.50 bits per heavy atom. The van der Waals surface area contributed by atoms with E-state index < -0.39 is 0 Å². The molecule has 0 N–H and O–H groups in total. The van der Waals surface area contributed by atoms with Crippen molar-refractivity contribution in [2.75, 3.05) is 20.8 Å². The molecule has 0 amide bonds. The summed E-state index contributed by atoms with van der Waals surface area (Å²) in [5.41, 5.74) is -0.161. The van der Waals surface area contributed by atoms with Crippen LogP contribution in [0.1, 0.15) is 19.3 Å². The summed E-state index contributed by atoms with van der Waals surface area (Å²) in [5.74, 6) is 0.559. The number of methoxy groups -OCH3 is 2. The van der Waals surface area contributed by atoms with Crippen molar-refractivity contribution >= 4 is 7.85 Å². The van der Waals surface area contributed by atoms with Crippen LogP contribution in [0.25, 0.3) is 0 Å². The van der Waals surface area contributed by atoms with Gasteiger partial charge in [0.15, 0.2) is 0 Å². The molecular weight excluding hydrogens is 179 g/mol. The maximum Gasteiger partial charge on any atom is 0.139 e. The largest absolute Gasteiger partial charge is 0.382 e. The Bertz CT molecular complexity index is 208. The minimum atomic E-state index is -0.161. The quantitative estimate of drug-likeness (QED) is 0.605. The van der Waals surface area contributed by atoms with Crippen LogP contribution in [-0.4, -0.2) is 46.4 Å². The predicted octanol–water partition coefficient (Wildman–Crippen LogP) is 0.176. The van der Waals surface area contributed by atoms with Gasteiger partial charge in [0.25, 0.3) is 0 Å². The molecule has 4 atom stereocenters. The van der Waals surface area contributed by atoms with Crippen molar-refractivity contribution in [3.63, 3.8) is 0 Å². The van der Waals surface area contributed by atoms with Crippen LogP contribution in [0, 0.1) is 5.92 Å². The standard InChI is InChI=1S/C10H19BO3/c1-12-6-10-5-3-4-7(8(10)13-2)9(11)14-10/h7-9H,3-6,11H2,1-2H3. The van der Waals surface area contributed by atoms with Crippen molar-refractivity contribution in [3.8, 4) is 0 Å². The van der Waals surface area contributed by atoms with Crippen molar-refractivity contribution in [2.24, 2.45) is 5.92 Å². The summed E-state index contributed by atoms with van der Waals surface area (Å²) in [6.07, 6.45) is 3.76. The molecule has 4 heteroatoms. The summed E-state index contributed by atoms with van der Waals surface area (Å²) < 4.78 is 16.9. The lowest BCUT2D eigenvalue weighted by Gasteiger charge is -2.37. The van der Waals surface area contributed by atoms with E-state index in [-0.39, 0.29) is 11.7 Å². The highest BCUT2D eigenvalue weighted by molar-refractivity contribution is 6.11. The zero-order chi connectivity index (χ0) is 10.2. The van der Waals surface area contributed by atoms with E-state index in [0.29, 0.717) is 18.5 Å². The zero-order valence-electron chi connectivity index (χ0n) is 9.29. The molecule has 3 nitrogen and oxygen atoms in total. The van der Waals surface area contributed by atoms with Crippen molar-refractivity contribution in [1.29, 1.82) is 0 Å². The Hall–Kier alpha value is -0.0551. The Kier molecular flexibility index (Phi) is 2.87. The minimum absolute atomic E-state index is 0.161. The fraction of sp³-hybridized carbons (Fsp3) is 1.00. The van der Waals surface area contributed by atoms with Crippen LogP contribution >= 0.6 is 0 Å². The molecule has 0 spiro atoms. The third kappa shape index (κ3) is 1.40. The highest BCUT2D eigenvalue weighted by atomic mass is 16.6. The van der Waals surface area contributed by atoms with E-state index in [1.807, 2.05) is 0 Å². The van der Waals surface area contributed by atoms with E-state index in [1.165, 1.54) is 12.8 Å². The summed E-state index contributed by atoms with van der Waals surface area (Å²) in [5, 5.41) is 0. The number of hydrogen-bond acceptors (Lipinski definition) is 3. The van der Waals surface area contributed by atoms with E-state index in [9.17, 15) is 0 Å². The first kappa shape index (κ1) is 10.5. The maximum absolute atomic E-state index is 6.07. The molecule has 1 saturated carbocycles. The maximum atomic E-state index is 6.07. The lowest BCUT2D eigenvalue weighted by atomic mass is 9.73. The molecule has 2 fully saturated rings. The molecule has 14 heavy (non-hydrogen) atoms. The Morgan fingerprint density at radius 2 is 2.29 bits per heavy atom. The van der Waals surface area contributed by atoms with Gasteiger partial charge in [0.2, 0.25) is 0 Å². The highest BCUT2D eigenvalue weighted by Gasteiger charge is 2.55. The summed E-state index contributed by atoms with van der Waals surface area (Å²) in [4.78, 5) is 0.